The van der Waals surface area contributed by atoms with E-state index in [1.54, 1.807) is 0 Å². The van der Waals surface area contributed by atoms with Gasteiger partial charge in [-0.2, -0.15) is 11.0 Å². The van der Waals surface area contributed by atoms with Crippen molar-refractivity contribution in [3.63, 3.8) is 0 Å². The molecule has 0 heterocycles. The number of rotatable bonds is 8. The summed E-state index contributed by atoms with van der Waals surface area (Å²) >= 11 is 0. The van der Waals surface area contributed by atoms with Gasteiger partial charge in [-0.1, -0.05) is 60.7 Å². The lowest BCUT2D eigenvalue weighted by molar-refractivity contribution is -0.985. The largest absolute Gasteiger partial charge is 0.201 e. The molecule has 2 aromatic rings. The molecule has 2 unspecified atom stereocenters. The fourth-order valence-electron chi connectivity index (χ4n) is 3.21. The van der Waals surface area contributed by atoms with E-state index in [-0.39, 0.29) is 0 Å². The smallest absolute Gasteiger partial charge is 0.170 e. The molecular weight excluding hydrogens is 300 g/mol. The number of hydroxylamine groups is 2. The first-order valence-electron chi connectivity index (χ1n) is 8.89. The Labute approximate surface area is 144 Å². The van der Waals surface area contributed by atoms with Crippen LogP contribution in [-0.4, -0.2) is 12.1 Å². The maximum atomic E-state index is 5.85. The molecule has 0 amide bonds. The average molecular weight is 328 g/mol. The van der Waals surface area contributed by atoms with E-state index in [9.17, 15) is 0 Å². The Bertz CT molecular complexity index is 523. The van der Waals surface area contributed by atoms with Crippen molar-refractivity contribution in [2.24, 2.45) is 0 Å². The van der Waals surface area contributed by atoms with Gasteiger partial charge in [-0.15, -0.1) is 0 Å². The van der Waals surface area contributed by atoms with Gasteiger partial charge in [0.2, 0.25) is 0 Å². The standard InChI is InChI=1S/C20H26N2O2/c1-3-9-17(10-4-1)15-23-21-19-13-7-8-14-20(19)22-24-16-18-11-5-2-6-12-18/h1-6,9-12,19-22H,7-8,13-16H2/p+2. The molecule has 0 spiro atoms. The van der Waals surface area contributed by atoms with Crippen LogP contribution in [0.1, 0.15) is 36.8 Å². The highest BCUT2D eigenvalue weighted by molar-refractivity contribution is 5.13. The fraction of sp³-hybridized carbons (Fsp3) is 0.400. The molecule has 0 saturated heterocycles. The van der Waals surface area contributed by atoms with E-state index in [4.69, 9.17) is 9.68 Å². The number of quaternary nitrogens is 2. The van der Waals surface area contributed by atoms with E-state index in [0.717, 1.165) is 0 Å². The van der Waals surface area contributed by atoms with E-state index >= 15 is 0 Å². The van der Waals surface area contributed by atoms with Gasteiger partial charge in [-0.25, -0.2) is 9.68 Å². The van der Waals surface area contributed by atoms with Crippen LogP contribution < -0.4 is 11.0 Å². The van der Waals surface area contributed by atoms with Gasteiger partial charge in [0.25, 0.3) is 0 Å². The molecule has 0 bridgehead atoms. The van der Waals surface area contributed by atoms with Crippen LogP contribution in [0.15, 0.2) is 60.7 Å². The molecule has 0 radical (unpaired) electrons. The lowest BCUT2D eigenvalue weighted by Gasteiger charge is -2.25. The highest BCUT2D eigenvalue weighted by atomic mass is 16.7. The zero-order chi connectivity index (χ0) is 16.5. The van der Waals surface area contributed by atoms with Gasteiger partial charge in [0.1, 0.15) is 13.2 Å². The van der Waals surface area contributed by atoms with Crippen molar-refractivity contribution in [2.75, 3.05) is 0 Å². The second-order valence-corrected chi connectivity index (χ2v) is 6.48. The van der Waals surface area contributed by atoms with Crippen LogP contribution in [0.25, 0.3) is 0 Å². The molecule has 24 heavy (non-hydrogen) atoms. The van der Waals surface area contributed by atoms with Gasteiger partial charge < -0.3 is 0 Å². The molecule has 0 aromatic heterocycles. The number of benzene rings is 2. The van der Waals surface area contributed by atoms with Gasteiger partial charge in [-0.05, 0) is 24.0 Å². The Morgan fingerprint density at radius 2 is 1.08 bits per heavy atom. The van der Waals surface area contributed by atoms with Crippen molar-refractivity contribution in [3.05, 3.63) is 71.8 Å². The van der Waals surface area contributed by atoms with E-state index in [0.29, 0.717) is 25.3 Å². The molecule has 2 aromatic carbocycles. The molecule has 1 saturated carbocycles. The summed E-state index contributed by atoms with van der Waals surface area (Å²) in [6, 6.07) is 21.6. The SMILES string of the molecule is c1ccc(CO[NH2+]C2CCCCC2[NH2+]OCc2ccccc2)cc1. The number of hydrogen-bond acceptors (Lipinski definition) is 2. The lowest BCUT2D eigenvalue weighted by atomic mass is 9.91. The topological polar surface area (TPSA) is 51.7 Å². The molecule has 4 heteroatoms. The predicted molar refractivity (Wildman–Crippen MR) is 92.4 cm³/mol. The number of hydrogen-bond donors (Lipinski definition) is 2. The number of nitrogens with two attached hydrogens (primary N) is 2. The van der Waals surface area contributed by atoms with Gasteiger partial charge in [-0.3, -0.25) is 0 Å². The van der Waals surface area contributed by atoms with E-state index in [1.807, 2.05) is 47.4 Å². The first-order valence-corrected chi connectivity index (χ1v) is 8.89. The highest BCUT2D eigenvalue weighted by Gasteiger charge is 2.32. The molecule has 2 atom stereocenters. The maximum absolute atomic E-state index is 5.85. The molecule has 3 rings (SSSR count). The van der Waals surface area contributed by atoms with E-state index in [1.165, 1.54) is 36.8 Å². The highest BCUT2D eigenvalue weighted by Crippen LogP contribution is 2.14. The second-order valence-electron chi connectivity index (χ2n) is 6.48. The lowest BCUT2D eigenvalue weighted by Crippen LogP contribution is -3.03. The molecule has 1 aliphatic rings. The zero-order valence-corrected chi connectivity index (χ0v) is 14.1. The third kappa shape index (κ3) is 5.42. The summed E-state index contributed by atoms with van der Waals surface area (Å²) in [4.78, 5) is 11.7. The molecule has 1 fully saturated rings. The average Bonchev–Trinajstić information content (AvgIpc) is 2.65. The van der Waals surface area contributed by atoms with Crippen LogP contribution in [0.5, 0.6) is 0 Å². The van der Waals surface area contributed by atoms with Gasteiger partial charge in [0.05, 0.1) is 0 Å². The van der Waals surface area contributed by atoms with Crippen LogP contribution in [-0.2, 0) is 22.9 Å². The summed E-state index contributed by atoms with van der Waals surface area (Å²) in [5.74, 6) is 0. The normalized spacial score (nSPS) is 20.8. The molecule has 4 nitrogen and oxygen atoms in total. The minimum absolute atomic E-state index is 0.457. The summed E-state index contributed by atoms with van der Waals surface area (Å²) in [5.41, 5.74) is 6.51. The Hall–Kier alpha value is -1.72. The monoisotopic (exact) mass is 328 g/mol. The van der Waals surface area contributed by atoms with Crippen LogP contribution in [0.2, 0.25) is 0 Å². The van der Waals surface area contributed by atoms with Crippen molar-refractivity contribution < 1.29 is 20.6 Å². The molecule has 4 N–H and O–H groups in total. The summed E-state index contributed by atoms with van der Waals surface area (Å²) in [6.45, 7) is 1.30. The summed E-state index contributed by atoms with van der Waals surface area (Å²) in [6.07, 6.45) is 4.92. The Balaban J connectivity index is 1.41. The fourth-order valence-corrected chi connectivity index (χ4v) is 3.21. The first-order chi connectivity index (χ1) is 11.9. The first kappa shape index (κ1) is 17.1. The Morgan fingerprint density at radius 3 is 1.50 bits per heavy atom. The van der Waals surface area contributed by atoms with Crippen molar-refractivity contribution in [1.82, 2.24) is 0 Å². The third-order valence-electron chi connectivity index (χ3n) is 4.60. The quantitative estimate of drug-likeness (QED) is 0.725. The van der Waals surface area contributed by atoms with Gasteiger partial charge in [0, 0.05) is 12.8 Å². The summed E-state index contributed by atoms with van der Waals surface area (Å²) in [7, 11) is 0. The summed E-state index contributed by atoms with van der Waals surface area (Å²) < 4.78 is 0. The van der Waals surface area contributed by atoms with Crippen molar-refractivity contribution >= 4 is 0 Å². The van der Waals surface area contributed by atoms with Crippen molar-refractivity contribution in [2.45, 2.75) is 51.0 Å². The maximum Gasteiger partial charge on any atom is 0.170 e. The molecule has 1 aliphatic carbocycles. The van der Waals surface area contributed by atoms with Crippen molar-refractivity contribution in [1.29, 1.82) is 0 Å². The van der Waals surface area contributed by atoms with Crippen molar-refractivity contribution in [3.8, 4) is 0 Å². The zero-order valence-electron chi connectivity index (χ0n) is 14.1. The molecule has 0 aliphatic heterocycles. The van der Waals surface area contributed by atoms with E-state index in [2.05, 4.69) is 24.3 Å². The predicted octanol–water partition coefficient (Wildman–Crippen LogP) is 1.69. The van der Waals surface area contributed by atoms with Crippen LogP contribution in [0.3, 0.4) is 0 Å². The van der Waals surface area contributed by atoms with Gasteiger partial charge >= 0.3 is 0 Å². The minimum atomic E-state index is 0.457. The second kappa shape index (κ2) is 9.55. The van der Waals surface area contributed by atoms with Gasteiger partial charge in [0.15, 0.2) is 12.1 Å². The van der Waals surface area contributed by atoms with Crippen LogP contribution in [0, 0.1) is 0 Å². The van der Waals surface area contributed by atoms with Crippen LogP contribution in [0.4, 0.5) is 0 Å². The summed E-state index contributed by atoms with van der Waals surface area (Å²) in [5, 5.41) is 0. The Kier molecular flexibility index (Phi) is 6.81. The third-order valence-corrected chi connectivity index (χ3v) is 4.60. The minimum Gasteiger partial charge on any atom is -0.201 e. The van der Waals surface area contributed by atoms with E-state index < -0.39 is 0 Å². The Morgan fingerprint density at radius 1 is 0.667 bits per heavy atom. The molecule has 128 valence electrons. The molecular formula is C20H28N2O2+2. The van der Waals surface area contributed by atoms with Crippen LogP contribution >= 0.6 is 0 Å².